The van der Waals surface area contributed by atoms with Gasteiger partial charge in [0.15, 0.2) is 0 Å². The molecule has 1 aliphatic carbocycles. The predicted molar refractivity (Wildman–Crippen MR) is 118 cm³/mol. The monoisotopic (exact) mass is 420 g/mol. The first kappa shape index (κ1) is 23.0. The molecule has 1 aliphatic heterocycles. The third kappa shape index (κ3) is 4.64. The van der Waals surface area contributed by atoms with Crippen LogP contribution >= 0.6 is 0 Å². The number of aromatic nitrogens is 2. The van der Waals surface area contributed by atoms with Gasteiger partial charge in [0.2, 0.25) is 0 Å². The quantitative estimate of drug-likeness (QED) is 0.587. The fourth-order valence-corrected chi connectivity index (χ4v) is 4.75. The zero-order valence-corrected chi connectivity index (χ0v) is 19.5. The van der Waals surface area contributed by atoms with Crippen LogP contribution < -0.4 is 11.1 Å². The Hall–Kier alpha value is -1.67. The number of carboxylic acid groups (broad SMARTS) is 1. The Labute approximate surface area is 197 Å². The van der Waals surface area contributed by atoms with Gasteiger partial charge in [-0.2, -0.15) is 0 Å². The number of rotatable bonds is 3. The molecular weight excluding hydrogens is 393 g/mol. The van der Waals surface area contributed by atoms with Crippen molar-refractivity contribution in [3.63, 3.8) is 0 Å². The molecule has 0 spiro atoms. The standard InChI is InChI=1S/C22H27N3O4.Na/c26-20-21(27)25(19-11-7-6-10-17(19)23-20)18-12-13-24(14-16(18)22(28)29)15-8-4-2-1-3-5-9-15;/h6-7,10-11,15H,1-5,8-9,12-14H2,(H,23,26)(H,28,29);. The number of nitrogens with zero attached hydrogens (tertiary/aromatic N) is 2. The third-order valence-corrected chi connectivity index (χ3v) is 6.26. The minimum absolute atomic E-state index is 0. The van der Waals surface area contributed by atoms with E-state index < -0.39 is 17.1 Å². The van der Waals surface area contributed by atoms with Crippen LogP contribution in [-0.2, 0) is 4.79 Å². The molecule has 4 rings (SSSR count). The SMILES string of the molecule is O=C(O)C1=C(n2c(=O)c(=O)[nH]c3ccccc32)CCN(C2CCCCCCC2)C1.[Na]. The van der Waals surface area contributed by atoms with E-state index in [9.17, 15) is 19.5 Å². The summed E-state index contributed by atoms with van der Waals surface area (Å²) in [5.74, 6) is -1.02. The smallest absolute Gasteiger partial charge is 0.334 e. The Morgan fingerprint density at radius 1 is 1.03 bits per heavy atom. The molecule has 1 fully saturated rings. The van der Waals surface area contributed by atoms with Crippen molar-refractivity contribution < 1.29 is 9.90 Å². The summed E-state index contributed by atoms with van der Waals surface area (Å²) < 4.78 is 1.31. The summed E-state index contributed by atoms with van der Waals surface area (Å²) in [5, 5.41) is 9.93. The van der Waals surface area contributed by atoms with E-state index in [4.69, 9.17) is 0 Å². The van der Waals surface area contributed by atoms with Gasteiger partial charge in [0.1, 0.15) is 0 Å². The average Bonchev–Trinajstić information content (AvgIpc) is 2.69. The summed E-state index contributed by atoms with van der Waals surface area (Å²) in [4.78, 5) is 41.9. The fraction of sp³-hybridized carbons (Fsp3) is 0.500. The van der Waals surface area contributed by atoms with Gasteiger partial charge in [-0.25, -0.2) is 4.79 Å². The Bertz CT molecular complexity index is 1060. The molecule has 0 unspecified atom stereocenters. The average molecular weight is 420 g/mol. The molecule has 30 heavy (non-hydrogen) atoms. The Kier molecular flexibility index (Phi) is 7.74. The van der Waals surface area contributed by atoms with Gasteiger partial charge in [0.05, 0.1) is 16.6 Å². The van der Waals surface area contributed by atoms with Crippen LogP contribution in [0.15, 0.2) is 39.4 Å². The Morgan fingerprint density at radius 3 is 2.40 bits per heavy atom. The molecular formula is C22H27N3NaO4. The summed E-state index contributed by atoms with van der Waals surface area (Å²) in [6.07, 6.45) is 8.75. The molecule has 1 aromatic carbocycles. The van der Waals surface area contributed by atoms with E-state index in [1.807, 2.05) is 0 Å². The number of carbonyl (C=O) groups is 1. The van der Waals surface area contributed by atoms with E-state index in [2.05, 4.69) is 9.88 Å². The van der Waals surface area contributed by atoms with E-state index in [1.165, 1.54) is 36.7 Å². The summed E-state index contributed by atoms with van der Waals surface area (Å²) in [6, 6.07) is 7.40. The van der Waals surface area contributed by atoms with Crippen molar-refractivity contribution in [2.24, 2.45) is 0 Å². The Balaban J connectivity index is 0.00000256. The first-order valence-electron chi connectivity index (χ1n) is 10.5. The molecule has 2 heterocycles. The van der Waals surface area contributed by atoms with Crippen molar-refractivity contribution in [3.8, 4) is 0 Å². The summed E-state index contributed by atoms with van der Waals surface area (Å²) in [7, 11) is 0. The zero-order valence-electron chi connectivity index (χ0n) is 17.5. The predicted octanol–water partition coefficient (Wildman–Crippen LogP) is 2.42. The summed E-state index contributed by atoms with van der Waals surface area (Å²) in [5.41, 5.74) is 0.255. The first-order valence-corrected chi connectivity index (χ1v) is 10.5. The molecule has 2 aromatic rings. The van der Waals surface area contributed by atoms with Gasteiger partial charge in [0.25, 0.3) is 0 Å². The summed E-state index contributed by atoms with van der Waals surface area (Å²) in [6.45, 7) is 1.01. The molecule has 0 bridgehead atoms. The van der Waals surface area contributed by atoms with Gasteiger partial charge in [-0.15, -0.1) is 0 Å². The van der Waals surface area contributed by atoms with Gasteiger partial charge in [-0.3, -0.25) is 19.1 Å². The number of benzene rings is 1. The van der Waals surface area contributed by atoms with Crippen molar-refractivity contribution in [2.45, 2.75) is 57.4 Å². The normalized spacial score (nSPS) is 19.2. The molecule has 155 valence electrons. The molecule has 8 heteroatoms. The molecule has 1 radical (unpaired) electrons. The summed E-state index contributed by atoms with van der Waals surface area (Å²) >= 11 is 0. The van der Waals surface area contributed by atoms with Crippen molar-refractivity contribution in [2.75, 3.05) is 13.1 Å². The molecule has 0 saturated heterocycles. The van der Waals surface area contributed by atoms with Crippen molar-refractivity contribution in [3.05, 3.63) is 50.5 Å². The van der Waals surface area contributed by atoms with Crippen LogP contribution in [0.3, 0.4) is 0 Å². The number of nitrogens with one attached hydrogen (secondary N) is 1. The van der Waals surface area contributed by atoms with Gasteiger partial charge in [-0.05, 0) is 25.0 Å². The largest absolute Gasteiger partial charge is 0.478 e. The van der Waals surface area contributed by atoms with Crippen LogP contribution in [0.25, 0.3) is 16.7 Å². The zero-order chi connectivity index (χ0) is 20.4. The maximum absolute atomic E-state index is 12.7. The van der Waals surface area contributed by atoms with Gasteiger partial charge >= 0.3 is 17.1 Å². The minimum Gasteiger partial charge on any atom is -0.478 e. The van der Waals surface area contributed by atoms with Crippen LogP contribution in [0.2, 0.25) is 0 Å². The van der Waals surface area contributed by atoms with E-state index in [-0.39, 0.29) is 35.1 Å². The second-order valence-electron chi connectivity index (χ2n) is 8.06. The van der Waals surface area contributed by atoms with E-state index in [0.717, 1.165) is 12.8 Å². The maximum atomic E-state index is 12.7. The minimum atomic E-state index is -1.02. The van der Waals surface area contributed by atoms with Gasteiger partial charge < -0.3 is 10.1 Å². The van der Waals surface area contributed by atoms with Crippen molar-refractivity contribution in [1.29, 1.82) is 0 Å². The van der Waals surface area contributed by atoms with E-state index in [1.54, 1.807) is 24.3 Å². The van der Waals surface area contributed by atoms with Crippen molar-refractivity contribution >= 4 is 52.3 Å². The molecule has 7 nitrogen and oxygen atoms in total. The Morgan fingerprint density at radius 2 is 1.70 bits per heavy atom. The van der Waals surface area contributed by atoms with E-state index in [0.29, 0.717) is 42.3 Å². The number of carboxylic acids is 1. The van der Waals surface area contributed by atoms with Gasteiger partial charge in [0, 0.05) is 60.8 Å². The van der Waals surface area contributed by atoms with Crippen LogP contribution in [-0.4, -0.2) is 74.2 Å². The topological polar surface area (TPSA) is 95.4 Å². The first-order chi connectivity index (χ1) is 14.1. The molecule has 2 aliphatic rings. The number of hydrogen-bond acceptors (Lipinski definition) is 4. The van der Waals surface area contributed by atoms with Crippen molar-refractivity contribution in [1.82, 2.24) is 14.5 Å². The van der Waals surface area contributed by atoms with Gasteiger partial charge in [-0.1, -0.05) is 44.2 Å². The molecule has 0 amide bonds. The third-order valence-electron chi connectivity index (χ3n) is 6.26. The van der Waals surface area contributed by atoms with E-state index >= 15 is 0 Å². The van der Waals surface area contributed by atoms with Crippen LogP contribution in [0.5, 0.6) is 0 Å². The second-order valence-corrected chi connectivity index (χ2v) is 8.06. The number of para-hydroxylation sites is 2. The maximum Gasteiger partial charge on any atom is 0.334 e. The number of fused-ring (bicyclic) bond motifs is 1. The second kappa shape index (κ2) is 10.1. The number of aromatic amines is 1. The fourth-order valence-electron chi connectivity index (χ4n) is 4.75. The number of H-pyrrole nitrogens is 1. The van der Waals surface area contributed by atoms with Crippen LogP contribution in [0.1, 0.15) is 51.4 Å². The van der Waals surface area contributed by atoms with Crippen LogP contribution in [0, 0.1) is 0 Å². The molecule has 1 saturated carbocycles. The number of hydrogen-bond donors (Lipinski definition) is 2. The molecule has 2 N–H and O–H groups in total. The molecule has 1 aromatic heterocycles. The molecule has 0 atom stereocenters. The number of aliphatic carboxylic acids is 1. The van der Waals surface area contributed by atoms with Crippen LogP contribution in [0.4, 0.5) is 0 Å².